The largest absolute Gasteiger partial charge is 0.325 e. The Morgan fingerprint density at radius 1 is 1.27 bits per heavy atom. The van der Waals surface area contributed by atoms with Gasteiger partial charge < -0.3 is 5.73 Å². The summed E-state index contributed by atoms with van der Waals surface area (Å²) in [5, 5.41) is 0. The van der Waals surface area contributed by atoms with Crippen molar-refractivity contribution in [1.29, 1.82) is 0 Å². The summed E-state index contributed by atoms with van der Waals surface area (Å²) >= 11 is 3.22. The molecular weight excluding hydrogens is 264 g/mol. The zero-order valence-corrected chi connectivity index (χ0v) is 9.73. The maximum Gasteiger partial charge on any atom is 0.275 e. The molecule has 15 heavy (non-hydrogen) atoms. The van der Waals surface area contributed by atoms with E-state index in [4.69, 9.17) is 5.73 Å². The molecule has 4 heteroatoms. The summed E-state index contributed by atoms with van der Waals surface area (Å²) in [4.78, 5) is 0. The van der Waals surface area contributed by atoms with Crippen molar-refractivity contribution in [2.45, 2.75) is 30.7 Å². The van der Waals surface area contributed by atoms with Crippen LogP contribution in [0.3, 0.4) is 0 Å². The van der Waals surface area contributed by atoms with E-state index in [0.717, 1.165) is 4.47 Å². The fraction of sp³-hybridized carbons (Fsp3) is 0.455. The number of rotatable bonds is 3. The van der Waals surface area contributed by atoms with E-state index in [-0.39, 0.29) is 12.0 Å². The lowest BCUT2D eigenvalue weighted by Crippen LogP contribution is -2.30. The zero-order valence-electron chi connectivity index (χ0n) is 8.14. The van der Waals surface area contributed by atoms with Crippen molar-refractivity contribution in [3.8, 4) is 0 Å². The van der Waals surface area contributed by atoms with Gasteiger partial charge in [-0.15, -0.1) is 0 Å². The van der Waals surface area contributed by atoms with Crippen LogP contribution in [0.2, 0.25) is 0 Å². The third kappa shape index (κ3) is 2.55. The van der Waals surface area contributed by atoms with Crippen LogP contribution in [0.1, 0.15) is 24.8 Å². The Hall–Kier alpha value is -0.480. The first-order valence-corrected chi connectivity index (χ1v) is 5.63. The van der Waals surface area contributed by atoms with Crippen molar-refractivity contribution < 1.29 is 8.78 Å². The molecule has 1 aromatic carbocycles. The summed E-state index contributed by atoms with van der Waals surface area (Å²) in [6, 6.07) is 6.13. The second-order valence-electron chi connectivity index (χ2n) is 4.25. The molecule has 0 radical (unpaired) electrons. The van der Waals surface area contributed by atoms with Gasteiger partial charge in [0, 0.05) is 22.0 Å². The summed E-state index contributed by atoms with van der Waals surface area (Å²) in [6.07, 6.45) is 1.17. The van der Waals surface area contributed by atoms with E-state index < -0.39 is 11.5 Å². The van der Waals surface area contributed by atoms with E-state index >= 15 is 0 Å². The van der Waals surface area contributed by atoms with E-state index in [0.29, 0.717) is 12.8 Å². The van der Waals surface area contributed by atoms with Crippen LogP contribution in [-0.4, -0.2) is 5.54 Å². The number of benzene rings is 1. The van der Waals surface area contributed by atoms with Crippen LogP contribution in [0, 0.1) is 0 Å². The van der Waals surface area contributed by atoms with Crippen LogP contribution in [-0.2, 0) is 5.92 Å². The lowest BCUT2D eigenvalue weighted by molar-refractivity contribution is -0.0223. The van der Waals surface area contributed by atoms with Gasteiger partial charge in [-0.1, -0.05) is 28.1 Å². The van der Waals surface area contributed by atoms with Crippen molar-refractivity contribution in [3.05, 3.63) is 34.3 Å². The molecule has 0 saturated heterocycles. The van der Waals surface area contributed by atoms with Crippen LogP contribution < -0.4 is 5.73 Å². The summed E-state index contributed by atoms with van der Waals surface area (Å²) in [5.74, 6) is -2.81. The van der Waals surface area contributed by atoms with Crippen LogP contribution in [0.25, 0.3) is 0 Å². The lowest BCUT2D eigenvalue weighted by Gasteiger charge is -2.20. The molecule has 0 amide bonds. The lowest BCUT2D eigenvalue weighted by atomic mass is 10.00. The van der Waals surface area contributed by atoms with Crippen LogP contribution in [0.4, 0.5) is 8.78 Å². The standard InChI is InChI=1S/C11H12BrF2N/c12-9-3-1-8(2-4-9)11(13,14)7-10(15)5-6-10/h1-4H,5-7,15H2. The van der Waals surface area contributed by atoms with Crippen molar-refractivity contribution in [3.63, 3.8) is 0 Å². The normalized spacial score (nSPS) is 18.9. The zero-order chi connectivity index (χ0) is 11.1. The Labute approximate surface area is 95.8 Å². The monoisotopic (exact) mass is 275 g/mol. The summed E-state index contributed by atoms with van der Waals surface area (Å²) in [5.41, 5.74) is 5.13. The minimum absolute atomic E-state index is 0.0439. The van der Waals surface area contributed by atoms with Crippen LogP contribution in [0.15, 0.2) is 28.7 Å². The first-order valence-electron chi connectivity index (χ1n) is 4.84. The number of nitrogens with two attached hydrogens (primary N) is 1. The molecule has 0 unspecified atom stereocenters. The second-order valence-corrected chi connectivity index (χ2v) is 5.17. The van der Waals surface area contributed by atoms with Gasteiger partial charge >= 0.3 is 0 Å². The Kier molecular flexibility index (Phi) is 2.59. The maximum atomic E-state index is 13.7. The molecule has 0 aliphatic heterocycles. The van der Waals surface area contributed by atoms with E-state index in [1.807, 2.05) is 0 Å². The number of halogens is 3. The van der Waals surface area contributed by atoms with Crippen LogP contribution in [0.5, 0.6) is 0 Å². The Balaban J connectivity index is 2.17. The molecular formula is C11H12BrF2N. The van der Waals surface area contributed by atoms with Crippen molar-refractivity contribution >= 4 is 15.9 Å². The quantitative estimate of drug-likeness (QED) is 0.899. The molecule has 2 N–H and O–H groups in total. The summed E-state index contributed by atoms with van der Waals surface area (Å²) in [7, 11) is 0. The van der Waals surface area contributed by atoms with Gasteiger partial charge in [-0.3, -0.25) is 0 Å². The molecule has 0 atom stereocenters. The second kappa shape index (κ2) is 3.52. The van der Waals surface area contributed by atoms with Gasteiger partial charge in [0.05, 0.1) is 0 Å². The van der Waals surface area contributed by atoms with Gasteiger partial charge in [-0.2, -0.15) is 0 Å². The van der Waals surface area contributed by atoms with Crippen molar-refractivity contribution in [2.75, 3.05) is 0 Å². The molecule has 1 saturated carbocycles. The van der Waals surface area contributed by atoms with E-state index in [1.54, 1.807) is 12.1 Å². The molecule has 1 aromatic rings. The SMILES string of the molecule is NC1(CC(F)(F)c2ccc(Br)cc2)CC1. The van der Waals surface area contributed by atoms with Gasteiger partial charge in [-0.25, -0.2) is 8.78 Å². The number of hydrogen-bond acceptors (Lipinski definition) is 1. The summed E-state index contributed by atoms with van der Waals surface area (Å²) < 4.78 is 28.3. The minimum Gasteiger partial charge on any atom is -0.325 e. The van der Waals surface area contributed by atoms with E-state index in [2.05, 4.69) is 15.9 Å². The fourth-order valence-electron chi connectivity index (χ4n) is 1.58. The molecule has 0 heterocycles. The maximum absolute atomic E-state index is 13.7. The van der Waals surface area contributed by atoms with Crippen molar-refractivity contribution in [1.82, 2.24) is 0 Å². The molecule has 1 fully saturated rings. The molecule has 2 rings (SSSR count). The molecule has 1 nitrogen and oxygen atoms in total. The summed E-state index contributed by atoms with van der Waals surface area (Å²) in [6.45, 7) is 0. The fourth-order valence-corrected chi connectivity index (χ4v) is 1.84. The highest BCUT2D eigenvalue weighted by molar-refractivity contribution is 9.10. The van der Waals surface area contributed by atoms with E-state index in [1.165, 1.54) is 12.1 Å². The third-order valence-corrected chi connectivity index (χ3v) is 3.26. The third-order valence-electron chi connectivity index (χ3n) is 2.73. The molecule has 0 spiro atoms. The van der Waals surface area contributed by atoms with E-state index in [9.17, 15) is 8.78 Å². The average molecular weight is 276 g/mol. The predicted molar refractivity (Wildman–Crippen MR) is 58.8 cm³/mol. The molecule has 0 bridgehead atoms. The highest BCUT2D eigenvalue weighted by atomic mass is 79.9. The smallest absolute Gasteiger partial charge is 0.275 e. The average Bonchev–Trinajstić information content (AvgIpc) is 2.82. The molecule has 1 aliphatic rings. The molecule has 1 aliphatic carbocycles. The molecule has 0 aromatic heterocycles. The number of alkyl halides is 2. The first kappa shape index (κ1) is 11.0. The van der Waals surface area contributed by atoms with Crippen molar-refractivity contribution in [2.24, 2.45) is 5.73 Å². The Morgan fingerprint density at radius 2 is 1.80 bits per heavy atom. The van der Waals surface area contributed by atoms with Gasteiger partial charge in [0.2, 0.25) is 0 Å². The number of hydrogen-bond donors (Lipinski definition) is 1. The van der Waals surface area contributed by atoms with Crippen LogP contribution >= 0.6 is 15.9 Å². The molecule has 82 valence electrons. The highest BCUT2D eigenvalue weighted by Crippen LogP contribution is 2.45. The Bertz CT molecular complexity index is 357. The van der Waals surface area contributed by atoms with Gasteiger partial charge in [0.25, 0.3) is 5.92 Å². The predicted octanol–water partition coefficient (Wildman–Crippen LogP) is 3.42. The highest BCUT2D eigenvalue weighted by Gasteiger charge is 2.47. The van der Waals surface area contributed by atoms with Gasteiger partial charge in [0.1, 0.15) is 0 Å². The topological polar surface area (TPSA) is 26.0 Å². The van der Waals surface area contributed by atoms with Gasteiger partial charge in [-0.05, 0) is 25.0 Å². The first-order chi connectivity index (χ1) is 6.91. The van der Waals surface area contributed by atoms with Gasteiger partial charge in [0.15, 0.2) is 0 Å². The Morgan fingerprint density at radius 3 is 2.27 bits per heavy atom. The minimum atomic E-state index is -2.81.